The first-order chi connectivity index (χ1) is 22.7. The zero-order chi connectivity index (χ0) is 35.3. The van der Waals surface area contributed by atoms with Gasteiger partial charge in [-0.25, -0.2) is 8.78 Å². The van der Waals surface area contributed by atoms with Gasteiger partial charge in [-0.2, -0.15) is 0 Å². The fraction of sp³-hybridized carbons (Fsp3) is 0.562. The average molecular weight is 677 g/mol. The summed E-state index contributed by atoms with van der Waals surface area (Å²) in [5, 5.41) is 18.6. The van der Waals surface area contributed by atoms with Crippen LogP contribution in [0.5, 0.6) is 0 Å². The molecule has 1 unspecified atom stereocenters. The molecule has 4 N–H and O–H groups in total. The molecule has 0 aliphatic carbocycles. The van der Waals surface area contributed by atoms with Crippen LogP contribution in [0.15, 0.2) is 30.9 Å². The van der Waals surface area contributed by atoms with E-state index in [1.807, 2.05) is 0 Å². The van der Waals surface area contributed by atoms with Crippen LogP contribution in [0.1, 0.15) is 45.1 Å². The van der Waals surface area contributed by atoms with Gasteiger partial charge >= 0.3 is 0 Å². The van der Waals surface area contributed by atoms with Crippen molar-refractivity contribution in [3.05, 3.63) is 48.1 Å². The molecular weight excluding hydrogens is 634 g/mol. The van der Waals surface area contributed by atoms with Gasteiger partial charge in [-0.15, -0.1) is 0 Å². The largest absolute Gasteiger partial charge is 0.366 e. The van der Waals surface area contributed by atoms with Gasteiger partial charge in [0.25, 0.3) is 0 Å². The quantitative estimate of drug-likeness (QED) is 0.287. The molecule has 262 valence electrons. The Bertz CT molecular complexity index is 1420. The van der Waals surface area contributed by atoms with Crippen LogP contribution in [0.25, 0.3) is 0 Å². The second-order valence-electron chi connectivity index (χ2n) is 12.3. The molecule has 6 amide bonds. The van der Waals surface area contributed by atoms with Crippen LogP contribution in [0.2, 0.25) is 0 Å². The first kappa shape index (κ1) is 36.4. The number of carbonyl (C=O) groups excluding carboxylic acids is 6. The lowest BCUT2D eigenvalue weighted by atomic mass is 10.0. The van der Waals surface area contributed by atoms with Crippen LogP contribution in [0.3, 0.4) is 0 Å². The van der Waals surface area contributed by atoms with Gasteiger partial charge in [0, 0.05) is 32.6 Å². The molecule has 14 nitrogen and oxygen atoms in total. The summed E-state index contributed by atoms with van der Waals surface area (Å²) in [4.78, 5) is 83.8. The number of benzene rings is 1. The Balaban J connectivity index is 1.66. The third-order valence-electron chi connectivity index (χ3n) is 9.00. The van der Waals surface area contributed by atoms with Crippen LogP contribution >= 0.6 is 0 Å². The highest BCUT2D eigenvalue weighted by atomic mass is 19.1. The van der Waals surface area contributed by atoms with E-state index in [2.05, 4.69) is 22.5 Å². The number of amides is 6. The van der Waals surface area contributed by atoms with Crippen molar-refractivity contribution in [1.82, 2.24) is 30.7 Å². The Morgan fingerprint density at radius 2 is 1.69 bits per heavy atom. The van der Waals surface area contributed by atoms with Crippen molar-refractivity contribution < 1.29 is 47.4 Å². The van der Waals surface area contributed by atoms with Crippen molar-refractivity contribution in [2.75, 3.05) is 26.7 Å². The normalized spacial score (nSPS) is 28.0. The highest BCUT2D eigenvalue weighted by Crippen LogP contribution is 2.24. The molecule has 0 bridgehead atoms. The summed E-state index contributed by atoms with van der Waals surface area (Å²) in [6.45, 7) is 6.19. The summed E-state index contributed by atoms with van der Waals surface area (Å²) >= 11 is 0. The van der Waals surface area contributed by atoms with Crippen molar-refractivity contribution >= 4 is 35.4 Å². The summed E-state index contributed by atoms with van der Waals surface area (Å²) in [5.74, 6) is -5.81. The molecule has 3 saturated heterocycles. The number of ether oxygens (including phenoxy) is 1. The Labute approximate surface area is 276 Å². The number of nitrogens with zero attached hydrogens (tertiary/aromatic N) is 3. The van der Waals surface area contributed by atoms with Crippen LogP contribution in [-0.4, -0.2) is 125 Å². The van der Waals surface area contributed by atoms with Crippen molar-refractivity contribution in [3.63, 3.8) is 0 Å². The number of carbonyl (C=O) groups is 6. The lowest BCUT2D eigenvalue weighted by Gasteiger charge is -2.35. The molecule has 0 spiro atoms. The van der Waals surface area contributed by atoms with Crippen LogP contribution < -0.4 is 16.0 Å². The fourth-order valence-corrected chi connectivity index (χ4v) is 6.25. The third kappa shape index (κ3) is 8.34. The van der Waals surface area contributed by atoms with E-state index in [9.17, 15) is 42.7 Å². The van der Waals surface area contributed by atoms with Crippen molar-refractivity contribution in [1.29, 1.82) is 0 Å². The maximum absolute atomic E-state index is 14.1. The number of aliphatic hydroxyl groups is 1. The second kappa shape index (κ2) is 15.6. The van der Waals surface area contributed by atoms with E-state index in [0.29, 0.717) is 25.3 Å². The van der Waals surface area contributed by atoms with E-state index in [0.717, 1.165) is 18.2 Å². The molecule has 16 heteroatoms. The third-order valence-corrected chi connectivity index (χ3v) is 9.00. The maximum Gasteiger partial charge on any atom is 0.248 e. The molecule has 3 aliphatic heterocycles. The SMILES string of the molecule is C=CC(=O)N[C@@H](Cc1cc(F)cc(F)c1)C(=O)N[C@H]1COC(O)[C@@H]2CCCN2C(=O)[C@H](C)NC(=O)[C@H](C)N(C)C(=O)[C@@H]2CCCN2C1=O. The maximum atomic E-state index is 14.1. The van der Waals surface area contributed by atoms with E-state index in [4.69, 9.17) is 4.74 Å². The zero-order valence-electron chi connectivity index (χ0n) is 27.1. The van der Waals surface area contributed by atoms with Gasteiger partial charge in [-0.3, -0.25) is 28.8 Å². The van der Waals surface area contributed by atoms with Crippen molar-refractivity contribution in [2.24, 2.45) is 0 Å². The molecular formula is C32H42F2N6O8. The summed E-state index contributed by atoms with van der Waals surface area (Å²) in [6, 6.07) is -4.09. The van der Waals surface area contributed by atoms with Gasteiger partial charge < -0.3 is 40.5 Å². The fourth-order valence-electron chi connectivity index (χ4n) is 6.25. The average Bonchev–Trinajstić information content (AvgIpc) is 3.74. The van der Waals surface area contributed by atoms with Gasteiger partial charge in [-0.05, 0) is 63.3 Å². The highest BCUT2D eigenvalue weighted by Gasteiger charge is 2.43. The highest BCUT2D eigenvalue weighted by molar-refractivity contribution is 5.97. The number of aliphatic hydroxyl groups excluding tert-OH is 1. The topological polar surface area (TPSA) is 178 Å². The molecule has 0 saturated carbocycles. The molecule has 48 heavy (non-hydrogen) atoms. The number of nitrogens with one attached hydrogen (secondary N) is 3. The van der Waals surface area contributed by atoms with Crippen molar-refractivity contribution in [2.45, 2.75) is 88.5 Å². The predicted octanol–water partition coefficient (Wildman–Crippen LogP) is -0.655. The van der Waals surface area contributed by atoms with Crippen LogP contribution in [0, 0.1) is 11.6 Å². The molecule has 3 heterocycles. The van der Waals surface area contributed by atoms with Crippen LogP contribution in [-0.2, 0) is 39.9 Å². The number of rotatable bonds is 6. The standard InChI is InChI=1S/C32H42F2N6O8/c1-5-26(41)36-22(14-19-12-20(33)15-21(34)13-19)28(43)37-23-16-48-32(47)25-9-7-11-40(25)29(44)17(2)35-27(42)18(3)38(4)31(46)24-8-6-10-39(24)30(23)45/h5,12-13,15,17-18,22-25,32,47H,1,6-11,14,16H2,2-4H3,(H,35,42)(H,36,41)(H,37,43)/t17-,18-,22-,23-,24-,25-,32?/m0/s1. The summed E-state index contributed by atoms with van der Waals surface area (Å²) < 4.78 is 33.6. The van der Waals surface area contributed by atoms with E-state index in [-0.39, 0.29) is 31.5 Å². The first-order valence-corrected chi connectivity index (χ1v) is 15.9. The summed E-state index contributed by atoms with van der Waals surface area (Å²) in [5.41, 5.74) is 0.0413. The van der Waals surface area contributed by atoms with E-state index >= 15 is 0 Å². The monoisotopic (exact) mass is 676 g/mol. The van der Waals surface area contributed by atoms with E-state index in [1.54, 1.807) is 0 Å². The first-order valence-electron chi connectivity index (χ1n) is 15.9. The second-order valence-corrected chi connectivity index (χ2v) is 12.3. The van der Waals surface area contributed by atoms with Gasteiger partial charge in [0.05, 0.1) is 12.6 Å². The molecule has 0 aromatic heterocycles. The number of fused-ring (bicyclic) bond motifs is 2. The van der Waals surface area contributed by atoms with Gasteiger partial charge in [0.2, 0.25) is 35.4 Å². The Morgan fingerprint density at radius 3 is 2.35 bits per heavy atom. The van der Waals surface area contributed by atoms with Crippen LogP contribution in [0.4, 0.5) is 8.78 Å². The Hall–Kier alpha value is -4.44. The summed E-state index contributed by atoms with van der Waals surface area (Å²) in [7, 11) is 1.42. The molecule has 3 aliphatic rings. The van der Waals surface area contributed by atoms with E-state index < -0.39 is 96.2 Å². The number of hydrogen-bond acceptors (Lipinski definition) is 8. The molecule has 4 rings (SSSR count). The summed E-state index contributed by atoms with van der Waals surface area (Å²) in [6.07, 6.45) is 0.543. The minimum atomic E-state index is -1.59. The van der Waals surface area contributed by atoms with Crippen molar-refractivity contribution in [3.8, 4) is 0 Å². The molecule has 1 aromatic rings. The molecule has 0 radical (unpaired) electrons. The Morgan fingerprint density at radius 1 is 1.04 bits per heavy atom. The Kier molecular flexibility index (Phi) is 11.9. The number of halogens is 2. The molecule has 1 aromatic carbocycles. The number of hydrogen-bond donors (Lipinski definition) is 4. The number of likely N-dealkylation sites (N-methyl/N-ethyl adjacent to an activating group) is 1. The van der Waals surface area contributed by atoms with E-state index in [1.165, 1.54) is 35.6 Å². The zero-order valence-corrected chi connectivity index (χ0v) is 27.1. The minimum absolute atomic E-state index is 0.0413. The molecule has 3 fully saturated rings. The van der Waals surface area contributed by atoms with Gasteiger partial charge in [0.15, 0.2) is 6.29 Å². The molecule has 7 atom stereocenters. The smallest absolute Gasteiger partial charge is 0.248 e. The lowest BCUT2D eigenvalue weighted by molar-refractivity contribution is -0.165. The predicted molar refractivity (Wildman–Crippen MR) is 165 cm³/mol. The lowest BCUT2D eigenvalue weighted by Crippen LogP contribution is -2.60. The van der Waals surface area contributed by atoms with Gasteiger partial charge in [-0.1, -0.05) is 6.58 Å². The minimum Gasteiger partial charge on any atom is -0.366 e. The van der Waals surface area contributed by atoms with Gasteiger partial charge in [0.1, 0.15) is 41.8 Å².